The Morgan fingerprint density at radius 3 is 2.78 bits per heavy atom. The summed E-state index contributed by atoms with van der Waals surface area (Å²) in [5.41, 5.74) is 2.49. The van der Waals surface area contributed by atoms with E-state index in [0.29, 0.717) is 17.5 Å². The second-order valence-corrected chi connectivity index (χ2v) is 8.66. The van der Waals surface area contributed by atoms with E-state index in [4.69, 9.17) is 0 Å². The highest BCUT2D eigenvalue weighted by atomic mass is 79.9. The second kappa shape index (κ2) is 8.15. The average molecular weight is 431 g/mol. The van der Waals surface area contributed by atoms with Crippen molar-refractivity contribution in [3.8, 4) is 5.69 Å². The van der Waals surface area contributed by atoms with Crippen LogP contribution in [0.2, 0.25) is 0 Å². The van der Waals surface area contributed by atoms with Gasteiger partial charge in [0.05, 0.1) is 23.1 Å². The molecule has 4 rings (SSSR count). The van der Waals surface area contributed by atoms with Crippen LogP contribution in [0.1, 0.15) is 48.2 Å². The molecule has 0 saturated carbocycles. The summed E-state index contributed by atoms with van der Waals surface area (Å²) in [4.78, 5) is 15.4. The Morgan fingerprint density at radius 2 is 1.96 bits per heavy atom. The molecular weight excluding hydrogens is 404 g/mol. The zero-order valence-electron chi connectivity index (χ0n) is 15.8. The molecule has 2 aliphatic rings. The van der Waals surface area contributed by atoms with Gasteiger partial charge >= 0.3 is 0 Å². The summed E-state index contributed by atoms with van der Waals surface area (Å²) in [5, 5.41) is 7.62. The maximum Gasteiger partial charge on any atom is 0.254 e. The molecule has 0 radical (unpaired) electrons. The standard InChI is InChI=1S/C21H27BrN4O/c1-15-19(14-24-26(15)18-9-7-17(22)8-10-18)21(27)23-13-16-5-4-12-25-11-3-2-6-20(16)25/h7-10,14,16,20H,2-6,11-13H2,1H3,(H,23,27)/t16-,20-/m1/s1. The van der Waals surface area contributed by atoms with Gasteiger partial charge in [0.1, 0.15) is 0 Å². The van der Waals surface area contributed by atoms with Crippen molar-refractivity contribution in [1.29, 1.82) is 0 Å². The Morgan fingerprint density at radius 1 is 1.19 bits per heavy atom. The average Bonchev–Trinajstić information content (AvgIpc) is 3.08. The lowest BCUT2D eigenvalue weighted by Gasteiger charge is -2.44. The SMILES string of the molecule is Cc1c(C(=O)NC[C@H]2CCCN3CCCC[C@H]23)cnn1-c1ccc(Br)cc1. The summed E-state index contributed by atoms with van der Waals surface area (Å²) < 4.78 is 2.85. The van der Waals surface area contributed by atoms with Crippen molar-refractivity contribution in [1.82, 2.24) is 20.0 Å². The minimum absolute atomic E-state index is 0.0104. The van der Waals surface area contributed by atoms with Crippen LogP contribution in [0.15, 0.2) is 34.9 Å². The number of amides is 1. The number of nitrogens with one attached hydrogen (secondary N) is 1. The van der Waals surface area contributed by atoms with E-state index >= 15 is 0 Å². The summed E-state index contributed by atoms with van der Waals surface area (Å²) in [6, 6.07) is 8.60. The van der Waals surface area contributed by atoms with E-state index in [2.05, 4.69) is 31.2 Å². The summed E-state index contributed by atoms with van der Waals surface area (Å²) in [5.74, 6) is 0.564. The van der Waals surface area contributed by atoms with E-state index < -0.39 is 0 Å². The van der Waals surface area contributed by atoms with Gasteiger partial charge in [0.15, 0.2) is 0 Å². The summed E-state index contributed by atoms with van der Waals surface area (Å²) in [7, 11) is 0. The minimum Gasteiger partial charge on any atom is -0.352 e. The number of piperidine rings is 2. The van der Waals surface area contributed by atoms with E-state index in [-0.39, 0.29) is 5.91 Å². The van der Waals surface area contributed by atoms with Gasteiger partial charge in [0.25, 0.3) is 5.91 Å². The first-order valence-corrected chi connectivity index (χ1v) is 10.8. The van der Waals surface area contributed by atoms with Gasteiger partial charge < -0.3 is 10.2 Å². The maximum absolute atomic E-state index is 12.8. The van der Waals surface area contributed by atoms with Crippen molar-refractivity contribution in [2.24, 2.45) is 5.92 Å². The number of hydrogen-bond acceptors (Lipinski definition) is 3. The molecule has 1 amide bonds. The molecule has 0 aliphatic carbocycles. The minimum atomic E-state index is -0.0104. The van der Waals surface area contributed by atoms with Crippen molar-refractivity contribution in [2.45, 2.75) is 45.1 Å². The number of carbonyl (C=O) groups is 1. The van der Waals surface area contributed by atoms with Crippen LogP contribution in [-0.2, 0) is 0 Å². The van der Waals surface area contributed by atoms with Crippen LogP contribution in [0.25, 0.3) is 5.69 Å². The van der Waals surface area contributed by atoms with Gasteiger partial charge in [0.2, 0.25) is 0 Å². The summed E-state index contributed by atoms with van der Waals surface area (Å²) >= 11 is 3.45. The fourth-order valence-corrected chi connectivity index (χ4v) is 4.87. The van der Waals surface area contributed by atoms with Crippen LogP contribution in [0.4, 0.5) is 0 Å². The Kier molecular flexibility index (Phi) is 5.64. The third kappa shape index (κ3) is 3.97. The Hall–Kier alpha value is -1.66. The molecule has 27 heavy (non-hydrogen) atoms. The molecule has 1 aromatic carbocycles. The number of halogens is 1. The molecule has 0 unspecified atom stereocenters. The first-order valence-electron chi connectivity index (χ1n) is 9.96. The van der Waals surface area contributed by atoms with Gasteiger partial charge in [-0.25, -0.2) is 4.68 Å². The molecule has 0 spiro atoms. The quantitative estimate of drug-likeness (QED) is 0.798. The normalized spacial score (nSPS) is 23.0. The molecule has 2 atom stereocenters. The van der Waals surface area contributed by atoms with Gasteiger partial charge in [-0.15, -0.1) is 0 Å². The van der Waals surface area contributed by atoms with Crippen LogP contribution in [0.3, 0.4) is 0 Å². The summed E-state index contributed by atoms with van der Waals surface area (Å²) in [6.45, 7) is 5.18. The number of hydrogen-bond donors (Lipinski definition) is 1. The highest BCUT2D eigenvalue weighted by Gasteiger charge is 2.33. The molecule has 1 aromatic heterocycles. The third-order valence-electron chi connectivity index (χ3n) is 6.08. The zero-order valence-corrected chi connectivity index (χ0v) is 17.4. The number of nitrogens with zero attached hydrogens (tertiary/aromatic N) is 3. The topological polar surface area (TPSA) is 50.2 Å². The van der Waals surface area contributed by atoms with Crippen molar-refractivity contribution in [3.63, 3.8) is 0 Å². The van der Waals surface area contributed by atoms with Crippen molar-refractivity contribution in [2.75, 3.05) is 19.6 Å². The lowest BCUT2D eigenvalue weighted by Crippen LogP contribution is -2.51. The largest absolute Gasteiger partial charge is 0.352 e. The Balaban J connectivity index is 1.42. The molecule has 5 nitrogen and oxygen atoms in total. The molecule has 6 heteroatoms. The predicted octanol–water partition coefficient (Wildman–Crippen LogP) is 3.94. The highest BCUT2D eigenvalue weighted by Crippen LogP contribution is 2.30. The van der Waals surface area contributed by atoms with Gasteiger partial charge in [-0.1, -0.05) is 22.4 Å². The van der Waals surface area contributed by atoms with Crippen molar-refractivity contribution >= 4 is 21.8 Å². The Labute approximate surface area is 169 Å². The predicted molar refractivity (Wildman–Crippen MR) is 110 cm³/mol. The monoisotopic (exact) mass is 430 g/mol. The van der Waals surface area contributed by atoms with E-state index in [1.165, 1.54) is 45.2 Å². The highest BCUT2D eigenvalue weighted by molar-refractivity contribution is 9.10. The zero-order chi connectivity index (χ0) is 18.8. The molecule has 144 valence electrons. The number of benzene rings is 1. The third-order valence-corrected chi connectivity index (χ3v) is 6.61. The molecule has 2 fully saturated rings. The van der Waals surface area contributed by atoms with Gasteiger partial charge in [-0.05, 0) is 75.9 Å². The molecule has 2 saturated heterocycles. The maximum atomic E-state index is 12.8. The van der Waals surface area contributed by atoms with E-state index in [1.54, 1.807) is 6.20 Å². The first kappa shape index (κ1) is 18.7. The van der Waals surface area contributed by atoms with Crippen molar-refractivity contribution in [3.05, 3.63) is 46.2 Å². The molecule has 3 heterocycles. The lowest BCUT2D eigenvalue weighted by atomic mass is 9.83. The Bertz CT molecular complexity index is 799. The fourth-order valence-electron chi connectivity index (χ4n) is 4.61. The number of rotatable bonds is 4. The van der Waals surface area contributed by atoms with Crippen molar-refractivity contribution < 1.29 is 4.79 Å². The summed E-state index contributed by atoms with van der Waals surface area (Å²) in [6.07, 6.45) is 8.08. The van der Waals surface area contributed by atoms with E-state index in [9.17, 15) is 4.79 Å². The smallest absolute Gasteiger partial charge is 0.254 e. The van der Waals surface area contributed by atoms with E-state index in [1.807, 2.05) is 35.9 Å². The van der Waals surface area contributed by atoms with Gasteiger partial charge in [-0.2, -0.15) is 5.10 Å². The molecule has 2 aliphatic heterocycles. The molecular formula is C21H27BrN4O. The van der Waals surface area contributed by atoms with Crippen LogP contribution < -0.4 is 5.32 Å². The molecule has 2 aromatic rings. The number of aromatic nitrogens is 2. The van der Waals surface area contributed by atoms with Crippen LogP contribution in [-0.4, -0.2) is 46.3 Å². The van der Waals surface area contributed by atoms with Gasteiger partial charge in [-0.3, -0.25) is 4.79 Å². The second-order valence-electron chi connectivity index (χ2n) is 7.74. The first-order chi connectivity index (χ1) is 13.1. The fraction of sp³-hybridized carbons (Fsp3) is 0.524. The van der Waals surface area contributed by atoms with Gasteiger partial charge in [0, 0.05) is 17.1 Å². The van der Waals surface area contributed by atoms with Crippen LogP contribution in [0, 0.1) is 12.8 Å². The molecule has 0 bridgehead atoms. The number of carbonyl (C=O) groups excluding carboxylic acids is 1. The van der Waals surface area contributed by atoms with Crippen LogP contribution in [0.5, 0.6) is 0 Å². The number of fused-ring (bicyclic) bond motifs is 1. The molecule has 1 N–H and O–H groups in total. The van der Waals surface area contributed by atoms with Crippen LogP contribution >= 0.6 is 15.9 Å². The van der Waals surface area contributed by atoms with E-state index in [0.717, 1.165) is 22.4 Å². The lowest BCUT2D eigenvalue weighted by molar-refractivity contribution is 0.0575.